The first-order valence-electron chi connectivity index (χ1n) is 7.09. The van der Waals surface area contributed by atoms with Gasteiger partial charge in [0.1, 0.15) is 16.7 Å². The molecule has 1 amide bonds. The highest BCUT2D eigenvalue weighted by atomic mass is 32.2. The molecule has 0 unspecified atom stereocenters. The highest BCUT2D eigenvalue weighted by Gasteiger charge is 2.41. The second-order valence-electron chi connectivity index (χ2n) is 4.98. The van der Waals surface area contributed by atoms with E-state index < -0.39 is 22.8 Å². The Morgan fingerprint density at radius 1 is 1.58 bits per heavy atom. The summed E-state index contributed by atoms with van der Waals surface area (Å²) >= 11 is 1.24. The number of nitro groups is 1. The first kappa shape index (κ1) is 16.2. The molecule has 0 N–H and O–H groups in total. The van der Waals surface area contributed by atoms with E-state index in [-0.39, 0.29) is 29.6 Å². The maximum atomic E-state index is 12.4. The summed E-state index contributed by atoms with van der Waals surface area (Å²) in [5.41, 5.74) is 0.540. The van der Waals surface area contributed by atoms with E-state index >= 15 is 0 Å². The second-order valence-corrected chi connectivity index (χ2v) is 5.93. The molecule has 3 rings (SSSR count). The molecule has 1 fully saturated rings. The number of hydrogen-bond acceptors (Lipinski definition) is 8. The summed E-state index contributed by atoms with van der Waals surface area (Å²) in [4.78, 5) is 40.3. The summed E-state index contributed by atoms with van der Waals surface area (Å²) in [7, 11) is 0. The Hall–Kier alpha value is -2.62. The maximum absolute atomic E-state index is 12.4. The van der Waals surface area contributed by atoms with E-state index in [1.807, 2.05) is 0 Å². The first-order valence-corrected chi connectivity index (χ1v) is 8.08. The Bertz CT molecular complexity index is 796. The van der Waals surface area contributed by atoms with Gasteiger partial charge in [0.25, 0.3) is 0 Å². The number of carbonyl (C=O) groups is 2. The standard InChI is InChI=1S/C14H13N3O6S/c1-3-22-13(19)11-7(2)16-9(18)6-24-14(16)15-12(11)8-4-5-10(23-8)17(20)21/h4-5,12H,3,6H2,1-2H3/t12-/m1/s1. The van der Waals surface area contributed by atoms with Crippen LogP contribution in [0.1, 0.15) is 25.6 Å². The summed E-state index contributed by atoms with van der Waals surface area (Å²) in [6.07, 6.45) is 0. The van der Waals surface area contributed by atoms with E-state index in [1.165, 1.54) is 28.8 Å². The van der Waals surface area contributed by atoms with Crippen LogP contribution in [0.4, 0.5) is 5.88 Å². The van der Waals surface area contributed by atoms with Crippen molar-refractivity contribution in [1.82, 2.24) is 4.90 Å². The lowest BCUT2D eigenvalue weighted by molar-refractivity contribution is -0.402. The van der Waals surface area contributed by atoms with Gasteiger partial charge in [-0.15, -0.1) is 0 Å². The lowest BCUT2D eigenvalue weighted by Crippen LogP contribution is -2.35. The molecular weight excluding hydrogens is 338 g/mol. The molecule has 2 aliphatic rings. The summed E-state index contributed by atoms with van der Waals surface area (Å²) in [5.74, 6) is -0.884. The van der Waals surface area contributed by atoms with Crippen LogP contribution >= 0.6 is 11.8 Å². The molecule has 3 heterocycles. The number of amides is 1. The maximum Gasteiger partial charge on any atom is 0.433 e. The van der Waals surface area contributed by atoms with E-state index in [0.717, 1.165) is 0 Å². The number of fused-ring (bicyclic) bond motifs is 1. The number of carbonyl (C=O) groups excluding carboxylic acids is 2. The van der Waals surface area contributed by atoms with Crippen molar-refractivity contribution in [3.05, 3.63) is 39.3 Å². The zero-order chi connectivity index (χ0) is 17.4. The molecule has 0 radical (unpaired) electrons. The molecule has 126 valence electrons. The molecule has 0 bridgehead atoms. The fraction of sp³-hybridized carbons (Fsp3) is 0.357. The molecule has 9 nitrogen and oxygen atoms in total. The van der Waals surface area contributed by atoms with Crippen molar-refractivity contribution in [2.45, 2.75) is 19.9 Å². The lowest BCUT2D eigenvalue weighted by atomic mass is 10.0. The molecule has 1 aromatic rings. The third-order valence-corrected chi connectivity index (χ3v) is 4.50. The number of rotatable bonds is 4. The van der Waals surface area contributed by atoms with Crippen molar-refractivity contribution in [3.8, 4) is 0 Å². The van der Waals surface area contributed by atoms with E-state index in [4.69, 9.17) is 9.15 Å². The van der Waals surface area contributed by atoms with Crippen molar-refractivity contribution >= 4 is 34.7 Å². The summed E-state index contributed by atoms with van der Waals surface area (Å²) in [6, 6.07) is 1.71. The molecule has 0 saturated carbocycles. The number of nitrogens with zero attached hydrogens (tertiary/aromatic N) is 3. The lowest BCUT2D eigenvalue weighted by Gasteiger charge is -2.27. The smallest absolute Gasteiger partial charge is 0.433 e. The van der Waals surface area contributed by atoms with Gasteiger partial charge in [0, 0.05) is 5.70 Å². The fourth-order valence-electron chi connectivity index (χ4n) is 2.54. The minimum atomic E-state index is -0.887. The second kappa shape index (κ2) is 6.11. The third-order valence-electron chi connectivity index (χ3n) is 3.56. The van der Waals surface area contributed by atoms with Gasteiger partial charge in [0.05, 0.1) is 24.0 Å². The summed E-state index contributed by atoms with van der Waals surface area (Å²) in [5, 5.41) is 11.3. The number of thioether (sulfide) groups is 1. The SMILES string of the molecule is CCOC(=O)C1=C(C)N2C(=O)CSC2=N[C@@H]1c1ccc([N+](=O)[O-])o1. The van der Waals surface area contributed by atoms with Gasteiger partial charge in [-0.25, -0.2) is 9.79 Å². The van der Waals surface area contributed by atoms with Crippen LogP contribution in [0.2, 0.25) is 0 Å². The van der Waals surface area contributed by atoms with Crippen molar-refractivity contribution in [1.29, 1.82) is 0 Å². The molecule has 0 aliphatic carbocycles. The molecule has 24 heavy (non-hydrogen) atoms. The highest BCUT2D eigenvalue weighted by molar-refractivity contribution is 8.15. The zero-order valence-corrected chi connectivity index (χ0v) is 13.7. The van der Waals surface area contributed by atoms with Crippen LogP contribution in [0.25, 0.3) is 0 Å². The summed E-state index contributed by atoms with van der Waals surface area (Å²) in [6.45, 7) is 3.43. The largest absolute Gasteiger partial charge is 0.463 e. The van der Waals surface area contributed by atoms with Crippen LogP contribution in [-0.2, 0) is 14.3 Å². The fourth-order valence-corrected chi connectivity index (χ4v) is 3.47. The average molecular weight is 351 g/mol. The van der Waals surface area contributed by atoms with Gasteiger partial charge in [-0.2, -0.15) is 0 Å². The van der Waals surface area contributed by atoms with Crippen LogP contribution in [0.15, 0.2) is 32.8 Å². The Balaban J connectivity index is 2.09. The number of allylic oxidation sites excluding steroid dienone is 1. The Morgan fingerprint density at radius 2 is 2.33 bits per heavy atom. The third kappa shape index (κ3) is 2.58. The van der Waals surface area contributed by atoms with Gasteiger partial charge in [0.15, 0.2) is 5.17 Å². The Labute approximate surface area is 140 Å². The van der Waals surface area contributed by atoms with Crippen molar-refractivity contribution in [2.24, 2.45) is 4.99 Å². The molecule has 0 aromatic carbocycles. The van der Waals surface area contributed by atoms with Crippen LogP contribution in [0, 0.1) is 10.1 Å². The predicted molar refractivity (Wildman–Crippen MR) is 84.2 cm³/mol. The molecule has 1 aromatic heterocycles. The zero-order valence-electron chi connectivity index (χ0n) is 12.8. The Kier molecular flexibility index (Phi) is 4.14. The predicted octanol–water partition coefficient (Wildman–Crippen LogP) is 2.01. The average Bonchev–Trinajstić information content (AvgIpc) is 3.14. The molecule has 10 heteroatoms. The number of furan rings is 1. The normalized spacial score (nSPS) is 20.1. The van der Waals surface area contributed by atoms with Crippen molar-refractivity contribution in [3.63, 3.8) is 0 Å². The van der Waals surface area contributed by atoms with Gasteiger partial charge in [-0.3, -0.25) is 19.8 Å². The minimum absolute atomic E-state index is 0.140. The Morgan fingerprint density at radius 3 is 2.96 bits per heavy atom. The van der Waals surface area contributed by atoms with E-state index in [1.54, 1.807) is 13.8 Å². The number of hydrogen-bond donors (Lipinski definition) is 0. The monoisotopic (exact) mass is 351 g/mol. The number of esters is 1. The quantitative estimate of drug-likeness (QED) is 0.463. The van der Waals surface area contributed by atoms with Crippen molar-refractivity contribution in [2.75, 3.05) is 12.4 Å². The van der Waals surface area contributed by atoms with E-state index in [9.17, 15) is 19.7 Å². The molecule has 0 spiro atoms. The van der Waals surface area contributed by atoms with Gasteiger partial charge in [0.2, 0.25) is 5.91 Å². The van der Waals surface area contributed by atoms with E-state index in [0.29, 0.717) is 10.9 Å². The molecule has 1 saturated heterocycles. The van der Waals surface area contributed by atoms with Crippen molar-refractivity contribution < 1.29 is 23.7 Å². The molecule has 1 atom stereocenters. The van der Waals surface area contributed by atoms with Gasteiger partial charge >= 0.3 is 11.9 Å². The van der Waals surface area contributed by atoms with Crippen LogP contribution < -0.4 is 0 Å². The van der Waals surface area contributed by atoms with Crippen LogP contribution in [0.3, 0.4) is 0 Å². The van der Waals surface area contributed by atoms with Crippen LogP contribution in [0.5, 0.6) is 0 Å². The first-order chi connectivity index (χ1) is 11.4. The van der Waals surface area contributed by atoms with Crippen LogP contribution in [-0.4, -0.2) is 39.2 Å². The molecular formula is C14H13N3O6S. The summed E-state index contributed by atoms with van der Waals surface area (Å²) < 4.78 is 10.3. The highest BCUT2D eigenvalue weighted by Crippen LogP contribution is 2.40. The molecule has 2 aliphatic heterocycles. The number of amidine groups is 1. The topological polar surface area (TPSA) is 115 Å². The van der Waals surface area contributed by atoms with Gasteiger partial charge in [-0.05, 0) is 19.9 Å². The number of ether oxygens (including phenoxy) is 1. The van der Waals surface area contributed by atoms with Gasteiger partial charge < -0.3 is 9.15 Å². The van der Waals surface area contributed by atoms with Gasteiger partial charge in [-0.1, -0.05) is 11.8 Å². The van der Waals surface area contributed by atoms with E-state index in [2.05, 4.69) is 4.99 Å². The number of aliphatic imine (C=N–C) groups is 1. The minimum Gasteiger partial charge on any atom is -0.463 e.